The van der Waals surface area contributed by atoms with Crippen LogP contribution in [0.3, 0.4) is 0 Å². The van der Waals surface area contributed by atoms with Crippen molar-refractivity contribution in [1.29, 1.82) is 0 Å². The van der Waals surface area contributed by atoms with E-state index in [9.17, 15) is 26.7 Å². The summed E-state index contributed by atoms with van der Waals surface area (Å²) in [5, 5.41) is -0.208. The van der Waals surface area contributed by atoms with E-state index in [2.05, 4.69) is 4.98 Å². The summed E-state index contributed by atoms with van der Waals surface area (Å²) < 4.78 is 66.6. The molecule has 1 N–H and O–H groups in total. The minimum absolute atomic E-state index is 0.0224. The highest BCUT2D eigenvalue weighted by Crippen LogP contribution is 2.42. The summed E-state index contributed by atoms with van der Waals surface area (Å²) >= 11 is 0. The van der Waals surface area contributed by atoms with Crippen molar-refractivity contribution in [2.24, 2.45) is 0 Å². The molecule has 1 aliphatic heterocycles. The number of hydrogen-bond donors (Lipinski definition) is 1. The van der Waals surface area contributed by atoms with Crippen LogP contribution in [0.2, 0.25) is 0 Å². The van der Waals surface area contributed by atoms with Crippen LogP contribution < -0.4 is 10.5 Å². The van der Waals surface area contributed by atoms with Crippen LogP contribution >= 0.6 is 0 Å². The van der Waals surface area contributed by atoms with Crippen LogP contribution in [-0.2, 0) is 6.18 Å². The van der Waals surface area contributed by atoms with Gasteiger partial charge in [-0.15, -0.1) is 0 Å². The molecule has 2 heterocycles. The van der Waals surface area contributed by atoms with E-state index in [0.29, 0.717) is 12.5 Å². The van der Waals surface area contributed by atoms with Gasteiger partial charge in [0.15, 0.2) is 0 Å². The van der Waals surface area contributed by atoms with E-state index < -0.39 is 35.3 Å². The van der Waals surface area contributed by atoms with Crippen molar-refractivity contribution < 1.29 is 22.0 Å². The molecule has 1 aromatic heterocycles. The summed E-state index contributed by atoms with van der Waals surface area (Å²) in [6.45, 7) is 3.58. The Labute approximate surface area is 140 Å². The number of aromatic amines is 1. The van der Waals surface area contributed by atoms with Gasteiger partial charge in [-0.2, -0.15) is 13.2 Å². The number of hydrogen-bond acceptors (Lipinski definition) is 2. The molecule has 0 aliphatic carbocycles. The van der Waals surface area contributed by atoms with Crippen molar-refractivity contribution >= 4 is 16.6 Å². The van der Waals surface area contributed by atoms with Crippen molar-refractivity contribution in [2.45, 2.75) is 50.9 Å². The quantitative estimate of drug-likeness (QED) is 0.797. The van der Waals surface area contributed by atoms with E-state index in [-0.39, 0.29) is 23.0 Å². The Balaban J connectivity index is 2.21. The fraction of sp³-hybridized carbons (Fsp3) is 0.471. The molecule has 3 nitrogen and oxygen atoms in total. The Bertz CT molecular complexity index is 856. The smallest absolute Gasteiger partial charge is 0.358 e. The van der Waals surface area contributed by atoms with Crippen LogP contribution in [0, 0.1) is 0 Å². The van der Waals surface area contributed by atoms with Crippen molar-refractivity contribution in [1.82, 2.24) is 4.98 Å². The Morgan fingerprint density at radius 2 is 1.92 bits per heavy atom. The van der Waals surface area contributed by atoms with Crippen LogP contribution in [0.15, 0.2) is 29.1 Å². The number of benzene rings is 1. The molecule has 0 saturated carbocycles. The molecule has 3 rings (SSSR count). The Morgan fingerprint density at radius 3 is 2.52 bits per heavy atom. The lowest BCUT2D eigenvalue weighted by Gasteiger charge is -2.38. The molecule has 1 saturated heterocycles. The fourth-order valence-corrected chi connectivity index (χ4v) is 3.61. The van der Waals surface area contributed by atoms with Crippen LogP contribution in [-0.4, -0.2) is 23.0 Å². The maximum Gasteiger partial charge on any atom is 0.417 e. The summed E-state index contributed by atoms with van der Waals surface area (Å²) in [4.78, 5) is 15.3. The zero-order valence-corrected chi connectivity index (χ0v) is 13.6. The maximum atomic E-state index is 13.4. The van der Waals surface area contributed by atoms with Gasteiger partial charge in [-0.3, -0.25) is 4.79 Å². The Morgan fingerprint density at radius 1 is 1.24 bits per heavy atom. The standard InChI is InChI=1S/C17H17F5N2O/c1-16(2)6-5-13(15(18)19)24(16)9-3-4-12-10(7-9)11(17(20,21)22)8-14(25)23-12/h3-4,7-8,13,15H,5-6H2,1-2H3,(H,23,25)/t13-/m1/s1. The van der Waals surface area contributed by atoms with Gasteiger partial charge in [-0.25, -0.2) is 8.78 Å². The molecule has 1 fully saturated rings. The molecular formula is C17H17F5N2O. The molecule has 0 bridgehead atoms. The first-order valence-electron chi connectivity index (χ1n) is 7.82. The van der Waals surface area contributed by atoms with Gasteiger partial charge in [0.2, 0.25) is 5.56 Å². The third-order valence-electron chi connectivity index (χ3n) is 4.74. The van der Waals surface area contributed by atoms with Crippen LogP contribution in [0.5, 0.6) is 0 Å². The number of halogens is 5. The summed E-state index contributed by atoms with van der Waals surface area (Å²) in [7, 11) is 0. The van der Waals surface area contributed by atoms with E-state index in [4.69, 9.17) is 0 Å². The third kappa shape index (κ3) is 3.09. The molecule has 8 heteroatoms. The number of H-pyrrole nitrogens is 1. The zero-order chi connectivity index (χ0) is 18.6. The van der Waals surface area contributed by atoms with Gasteiger partial charge in [0.05, 0.1) is 11.6 Å². The lowest BCUT2D eigenvalue weighted by Crippen LogP contribution is -2.46. The number of nitrogens with one attached hydrogen (secondary N) is 1. The predicted octanol–water partition coefficient (Wildman–Crippen LogP) is 4.56. The van der Waals surface area contributed by atoms with Gasteiger partial charge in [-0.05, 0) is 44.9 Å². The maximum absolute atomic E-state index is 13.4. The average molecular weight is 360 g/mol. The molecule has 1 aromatic carbocycles. The van der Waals surface area contributed by atoms with Crippen LogP contribution in [0.25, 0.3) is 10.9 Å². The number of nitrogens with zero attached hydrogens (tertiary/aromatic N) is 1. The topological polar surface area (TPSA) is 36.1 Å². The van der Waals surface area contributed by atoms with Crippen molar-refractivity contribution in [2.75, 3.05) is 4.90 Å². The second-order valence-corrected chi connectivity index (χ2v) is 6.90. The minimum Gasteiger partial charge on any atom is -0.358 e. The third-order valence-corrected chi connectivity index (χ3v) is 4.74. The summed E-state index contributed by atoms with van der Waals surface area (Å²) in [6, 6.07) is 3.48. The Kier molecular flexibility index (Phi) is 4.04. The number of alkyl halides is 5. The van der Waals surface area contributed by atoms with Gasteiger partial charge in [0.25, 0.3) is 6.43 Å². The first-order valence-corrected chi connectivity index (χ1v) is 7.82. The second-order valence-electron chi connectivity index (χ2n) is 6.90. The number of aromatic nitrogens is 1. The lowest BCUT2D eigenvalue weighted by molar-refractivity contribution is -0.136. The molecule has 1 atom stereocenters. The summed E-state index contributed by atoms with van der Waals surface area (Å²) in [6.07, 6.45) is -6.54. The van der Waals surface area contributed by atoms with Gasteiger partial charge in [-0.1, -0.05) is 0 Å². The largest absolute Gasteiger partial charge is 0.417 e. The normalized spacial score (nSPS) is 20.6. The molecule has 0 unspecified atom stereocenters. The summed E-state index contributed by atoms with van der Waals surface area (Å²) in [5.41, 5.74) is -2.22. The second kappa shape index (κ2) is 5.71. The van der Waals surface area contributed by atoms with E-state index in [0.717, 1.165) is 0 Å². The highest BCUT2D eigenvalue weighted by atomic mass is 19.4. The molecule has 0 radical (unpaired) electrons. The number of fused-ring (bicyclic) bond motifs is 1. The molecule has 0 spiro atoms. The first kappa shape index (κ1) is 17.7. The van der Waals surface area contributed by atoms with Gasteiger partial charge in [0.1, 0.15) is 0 Å². The van der Waals surface area contributed by atoms with E-state index in [1.54, 1.807) is 13.8 Å². The average Bonchev–Trinajstić information content (AvgIpc) is 2.80. The van der Waals surface area contributed by atoms with Crippen molar-refractivity contribution in [3.05, 3.63) is 40.2 Å². The number of anilines is 1. The Hall–Kier alpha value is -2.12. The molecule has 136 valence electrons. The van der Waals surface area contributed by atoms with E-state index in [1.807, 2.05) is 0 Å². The SMILES string of the molecule is CC1(C)CC[C@H](C(F)F)N1c1ccc2[nH]c(=O)cc(C(F)(F)F)c2c1. The highest BCUT2D eigenvalue weighted by Gasteiger charge is 2.44. The van der Waals surface area contributed by atoms with Crippen molar-refractivity contribution in [3.63, 3.8) is 0 Å². The van der Waals surface area contributed by atoms with Crippen molar-refractivity contribution in [3.8, 4) is 0 Å². The number of pyridine rings is 1. The first-order chi connectivity index (χ1) is 11.5. The van der Waals surface area contributed by atoms with Gasteiger partial charge >= 0.3 is 6.18 Å². The monoisotopic (exact) mass is 360 g/mol. The van der Waals surface area contributed by atoms with Gasteiger partial charge in [0, 0.05) is 28.2 Å². The molecule has 2 aromatic rings. The molecular weight excluding hydrogens is 343 g/mol. The molecule has 25 heavy (non-hydrogen) atoms. The predicted molar refractivity (Wildman–Crippen MR) is 85.2 cm³/mol. The minimum atomic E-state index is -4.71. The highest BCUT2D eigenvalue weighted by molar-refractivity contribution is 5.86. The van der Waals surface area contributed by atoms with Gasteiger partial charge < -0.3 is 9.88 Å². The lowest BCUT2D eigenvalue weighted by atomic mass is 10.0. The fourth-order valence-electron chi connectivity index (χ4n) is 3.61. The van der Waals surface area contributed by atoms with E-state index >= 15 is 0 Å². The van der Waals surface area contributed by atoms with Crippen LogP contribution in [0.4, 0.5) is 27.6 Å². The molecule has 0 amide bonds. The molecule has 1 aliphatic rings. The van der Waals surface area contributed by atoms with Crippen LogP contribution in [0.1, 0.15) is 32.3 Å². The van der Waals surface area contributed by atoms with E-state index in [1.165, 1.54) is 23.1 Å². The number of rotatable bonds is 2. The summed E-state index contributed by atoms with van der Waals surface area (Å²) in [5.74, 6) is 0. The zero-order valence-electron chi connectivity index (χ0n) is 13.6.